The van der Waals surface area contributed by atoms with Gasteiger partial charge in [0.25, 0.3) is 0 Å². The topological polar surface area (TPSA) is 105 Å². The van der Waals surface area contributed by atoms with Crippen LogP contribution in [0, 0.1) is 0 Å². The van der Waals surface area contributed by atoms with Crippen LogP contribution in [0.4, 0.5) is 0 Å². The lowest BCUT2D eigenvalue weighted by Crippen LogP contribution is -2.20. The van der Waals surface area contributed by atoms with E-state index < -0.39 is 31.6 Å². The zero-order valence-electron chi connectivity index (χ0n) is 19.6. The van der Waals surface area contributed by atoms with Gasteiger partial charge in [-0.25, -0.2) is 4.79 Å². The molecule has 0 bridgehead atoms. The van der Waals surface area contributed by atoms with Gasteiger partial charge in [-0.05, 0) is 11.1 Å². The molecule has 0 atom stereocenters. The first-order chi connectivity index (χ1) is 16.9. The van der Waals surface area contributed by atoms with E-state index in [1.807, 2.05) is 60.7 Å². The Morgan fingerprint density at radius 1 is 0.657 bits per heavy atom. The van der Waals surface area contributed by atoms with E-state index in [1.165, 1.54) is 0 Å². The minimum atomic E-state index is -0.874. The normalized spacial score (nSPS) is 10.4. The van der Waals surface area contributed by atoms with Gasteiger partial charge in [-0.15, -0.1) is 0 Å². The zero-order chi connectivity index (χ0) is 25.3. The van der Waals surface area contributed by atoms with Crippen LogP contribution in [0.25, 0.3) is 0 Å². The molecule has 0 aliphatic carbocycles. The van der Waals surface area contributed by atoms with Crippen molar-refractivity contribution in [1.29, 1.82) is 0 Å². The molecule has 0 saturated carbocycles. The average molecular weight is 483 g/mol. The summed E-state index contributed by atoms with van der Waals surface area (Å²) in [4.78, 5) is 47.4. The highest BCUT2D eigenvalue weighted by atomic mass is 16.5. The van der Waals surface area contributed by atoms with Gasteiger partial charge in [-0.1, -0.05) is 67.2 Å². The number of ketones is 2. The summed E-state index contributed by atoms with van der Waals surface area (Å²) in [7, 11) is 0. The fourth-order valence-electron chi connectivity index (χ4n) is 2.75. The Morgan fingerprint density at radius 2 is 1.11 bits per heavy atom. The lowest BCUT2D eigenvalue weighted by Gasteiger charge is -2.08. The molecule has 8 heteroatoms. The van der Waals surface area contributed by atoms with Crippen LogP contribution in [0.3, 0.4) is 0 Å². The highest BCUT2D eigenvalue weighted by Gasteiger charge is 2.16. The summed E-state index contributed by atoms with van der Waals surface area (Å²) in [5.41, 5.74) is 1.82. The van der Waals surface area contributed by atoms with Crippen molar-refractivity contribution in [2.75, 3.05) is 26.4 Å². The number of ether oxygens (including phenoxy) is 4. The average Bonchev–Trinajstić information content (AvgIpc) is 2.87. The van der Waals surface area contributed by atoms with Gasteiger partial charge in [0.1, 0.15) is 13.2 Å². The van der Waals surface area contributed by atoms with Crippen LogP contribution in [0.1, 0.15) is 30.4 Å². The number of hydrogen-bond acceptors (Lipinski definition) is 8. The number of hydrogen-bond donors (Lipinski definition) is 0. The van der Waals surface area contributed by atoms with Crippen molar-refractivity contribution in [3.05, 3.63) is 83.9 Å². The Kier molecular flexibility index (Phi) is 12.7. The Morgan fingerprint density at radius 3 is 1.60 bits per heavy atom. The SMILES string of the molecule is C=C(CC(=O)OCC(=O)CCOCc1ccccc1)C(=O)OCC(=O)CCOCc1ccccc1. The number of esters is 2. The van der Waals surface area contributed by atoms with Crippen LogP contribution in [0.5, 0.6) is 0 Å². The fraction of sp³-hybridized carbons (Fsp3) is 0.333. The van der Waals surface area contributed by atoms with Crippen LogP contribution < -0.4 is 0 Å². The van der Waals surface area contributed by atoms with Crippen LogP contribution >= 0.6 is 0 Å². The van der Waals surface area contributed by atoms with E-state index >= 15 is 0 Å². The third kappa shape index (κ3) is 12.4. The van der Waals surface area contributed by atoms with Gasteiger partial charge in [-0.2, -0.15) is 0 Å². The second kappa shape index (κ2) is 16.1. The maximum Gasteiger partial charge on any atom is 0.334 e. The molecule has 2 aromatic rings. The van der Waals surface area contributed by atoms with Crippen molar-refractivity contribution in [2.24, 2.45) is 0 Å². The molecule has 35 heavy (non-hydrogen) atoms. The molecular formula is C27H30O8. The van der Waals surface area contributed by atoms with E-state index in [9.17, 15) is 19.2 Å². The van der Waals surface area contributed by atoms with Crippen LogP contribution in [0.2, 0.25) is 0 Å². The molecule has 0 aromatic heterocycles. The first-order valence-corrected chi connectivity index (χ1v) is 11.2. The largest absolute Gasteiger partial charge is 0.457 e. The van der Waals surface area contributed by atoms with Crippen molar-refractivity contribution < 1.29 is 38.1 Å². The van der Waals surface area contributed by atoms with Crippen molar-refractivity contribution >= 4 is 23.5 Å². The van der Waals surface area contributed by atoms with Gasteiger partial charge in [0.15, 0.2) is 11.6 Å². The van der Waals surface area contributed by atoms with Gasteiger partial charge < -0.3 is 18.9 Å². The minimum absolute atomic E-state index is 0.0891. The van der Waals surface area contributed by atoms with Crippen molar-refractivity contribution in [1.82, 2.24) is 0 Å². The molecule has 0 aliphatic rings. The fourth-order valence-corrected chi connectivity index (χ4v) is 2.75. The summed E-state index contributed by atoms with van der Waals surface area (Å²) in [5.74, 6) is -2.28. The molecule has 0 radical (unpaired) electrons. The molecule has 0 aliphatic heterocycles. The van der Waals surface area contributed by atoms with Crippen LogP contribution in [0.15, 0.2) is 72.8 Å². The Balaban J connectivity index is 1.51. The standard InChI is InChI=1S/C27H30O8/c1-21(27(31)35-20-25(29)13-15-33-18-23-10-6-3-7-11-23)16-26(30)34-19-24(28)12-14-32-17-22-8-4-2-5-9-22/h2-11H,1,12-20H2. The van der Waals surface area contributed by atoms with E-state index in [1.54, 1.807) is 0 Å². The molecule has 2 aromatic carbocycles. The number of rotatable bonds is 17. The highest BCUT2D eigenvalue weighted by molar-refractivity contribution is 5.95. The number of Topliss-reactive ketones (excluding diaryl/α,β-unsaturated/α-hetero) is 2. The third-order valence-electron chi connectivity index (χ3n) is 4.68. The van der Waals surface area contributed by atoms with Gasteiger partial charge in [-0.3, -0.25) is 14.4 Å². The van der Waals surface area contributed by atoms with Gasteiger partial charge in [0, 0.05) is 18.4 Å². The van der Waals surface area contributed by atoms with Gasteiger partial charge >= 0.3 is 11.9 Å². The van der Waals surface area contributed by atoms with E-state index in [4.69, 9.17) is 18.9 Å². The third-order valence-corrected chi connectivity index (χ3v) is 4.68. The quantitative estimate of drug-likeness (QED) is 0.192. The summed E-state index contributed by atoms with van der Waals surface area (Å²) in [6, 6.07) is 19.1. The van der Waals surface area contributed by atoms with Gasteiger partial charge in [0.2, 0.25) is 0 Å². The number of carbonyl (C=O) groups excluding carboxylic acids is 4. The Labute approximate surface area is 204 Å². The molecule has 186 valence electrons. The molecule has 8 nitrogen and oxygen atoms in total. The molecular weight excluding hydrogens is 452 g/mol. The van der Waals surface area contributed by atoms with E-state index in [-0.39, 0.29) is 43.2 Å². The first kappa shape index (κ1) is 27.6. The first-order valence-electron chi connectivity index (χ1n) is 11.2. The summed E-state index contributed by atoms with van der Waals surface area (Å²) in [6.45, 7) is 3.80. The van der Waals surface area contributed by atoms with E-state index in [0.717, 1.165) is 11.1 Å². The van der Waals surface area contributed by atoms with Crippen molar-refractivity contribution in [2.45, 2.75) is 32.5 Å². The predicted octanol–water partition coefficient (Wildman–Crippen LogP) is 3.37. The van der Waals surface area contributed by atoms with Gasteiger partial charge in [0.05, 0.1) is 32.8 Å². The van der Waals surface area contributed by atoms with Crippen molar-refractivity contribution in [3.8, 4) is 0 Å². The second-order valence-corrected chi connectivity index (χ2v) is 7.67. The number of benzene rings is 2. The molecule has 0 fully saturated rings. The molecule has 2 rings (SSSR count). The van der Waals surface area contributed by atoms with Crippen LogP contribution in [-0.2, 0) is 51.3 Å². The van der Waals surface area contributed by atoms with E-state index in [2.05, 4.69) is 6.58 Å². The predicted molar refractivity (Wildman–Crippen MR) is 127 cm³/mol. The Bertz CT molecular complexity index is 969. The zero-order valence-corrected chi connectivity index (χ0v) is 19.6. The second-order valence-electron chi connectivity index (χ2n) is 7.67. The number of carbonyl (C=O) groups is 4. The molecule has 0 N–H and O–H groups in total. The molecule has 0 heterocycles. The minimum Gasteiger partial charge on any atom is -0.457 e. The molecule has 0 spiro atoms. The van der Waals surface area contributed by atoms with E-state index in [0.29, 0.717) is 13.2 Å². The monoisotopic (exact) mass is 482 g/mol. The van der Waals surface area contributed by atoms with Crippen LogP contribution in [-0.4, -0.2) is 49.9 Å². The maximum absolute atomic E-state index is 11.9. The molecule has 0 amide bonds. The smallest absolute Gasteiger partial charge is 0.334 e. The molecule has 0 saturated heterocycles. The molecule has 0 unspecified atom stereocenters. The summed E-state index contributed by atoms with van der Waals surface area (Å²) in [5, 5.41) is 0. The summed E-state index contributed by atoms with van der Waals surface area (Å²) < 4.78 is 20.6. The lowest BCUT2D eigenvalue weighted by molar-refractivity contribution is -0.150. The lowest BCUT2D eigenvalue weighted by atomic mass is 10.2. The summed E-state index contributed by atoms with van der Waals surface area (Å²) in [6.07, 6.45) is -0.253. The Hall–Kier alpha value is -3.62. The van der Waals surface area contributed by atoms with Crippen molar-refractivity contribution in [3.63, 3.8) is 0 Å². The summed E-state index contributed by atoms with van der Waals surface area (Å²) >= 11 is 0. The maximum atomic E-state index is 11.9. The highest BCUT2D eigenvalue weighted by Crippen LogP contribution is 2.05.